The third kappa shape index (κ3) is 3.82. The van der Waals surface area contributed by atoms with E-state index in [4.69, 9.17) is 14.9 Å². The number of para-hydroxylation sites is 1. The molecule has 0 atom stereocenters. The number of hydrogen-bond donors (Lipinski definition) is 1. The Labute approximate surface area is 111 Å². The lowest BCUT2D eigenvalue weighted by Gasteiger charge is -2.07. The molecule has 2 aromatic rings. The van der Waals surface area contributed by atoms with E-state index < -0.39 is 5.97 Å². The molecule has 2 rings (SSSR count). The molecule has 98 valence electrons. The van der Waals surface area contributed by atoms with Crippen molar-refractivity contribution in [3.8, 4) is 5.75 Å². The van der Waals surface area contributed by atoms with Crippen molar-refractivity contribution in [1.29, 1.82) is 0 Å². The first-order valence-corrected chi connectivity index (χ1v) is 5.93. The molecule has 0 unspecified atom stereocenters. The molecule has 0 amide bonds. The summed E-state index contributed by atoms with van der Waals surface area (Å²) in [6.45, 7) is 0.359. The summed E-state index contributed by atoms with van der Waals surface area (Å²) in [5.74, 6) is -0.828. The first-order chi connectivity index (χ1) is 9.27. The van der Waals surface area contributed by atoms with Gasteiger partial charge in [-0.1, -0.05) is 42.5 Å². The van der Waals surface area contributed by atoms with Crippen LogP contribution < -0.4 is 4.89 Å². The summed E-state index contributed by atoms with van der Waals surface area (Å²) >= 11 is 0. The van der Waals surface area contributed by atoms with Crippen LogP contribution in [-0.2, 0) is 11.3 Å². The number of carboxylic acid groups (broad SMARTS) is 1. The zero-order valence-electron chi connectivity index (χ0n) is 10.3. The Morgan fingerprint density at radius 2 is 1.68 bits per heavy atom. The lowest BCUT2D eigenvalue weighted by Crippen LogP contribution is -2.06. The van der Waals surface area contributed by atoms with Crippen LogP contribution in [0.2, 0.25) is 0 Å². The second kappa shape index (κ2) is 6.56. The molecule has 0 spiro atoms. The van der Waals surface area contributed by atoms with Crippen molar-refractivity contribution in [3.63, 3.8) is 0 Å². The van der Waals surface area contributed by atoms with Crippen molar-refractivity contribution in [2.75, 3.05) is 6.61 Å². The Morgan fingerprint density at radius 3 is 2.42 bits per heavy atom. The highest BCUT2D eigenvalue weighted by atomic mass is 17.2. The highest BCUT2D eigenvalue weighted by Crippen LogP contribution is 2.18. The van der Waals surface area contributed by atoms with Crippen molar-refractivity contribution in [2.24, 2.45) is 0 Å². The number of rotatable bonds is 6. The fraction of sp³-hybridized carbons (Fsp3) is 0.133. The molecule has 0 saturated carbocycles. The van der Waals surface area contributed by atoms with Crippen LogP contribution in [0.3, 0.4) is 0 Å². The Hall–Kier alpha value is -2.33. The van der Waals surface area contributed by atoms with Crippen LogP contribution >= 0.6 is 0 Å². The summed E-state index contributed by atoms with van der Waals surface area (Å²) in [7, 11) is 0. The van der Waals surface area contributed by atoms with Crippen LogP contribution in [0.15, 0.2) is 54.6 Å². The van der Waals surface area contributed by atoms with Crippen molar-refractivity contribution in [3.05, 3.63) is 65.7 Å². The van der Waals surface area contributed by atoms with Crippen molar-refractivity contribution >= 4 is 5.97 Å². The normalized spacial score (nSPS) is 10.1. The van der Waals surface area contributed by atoms with Gasteiger partial charge in [0.05, 0.1) is 6.61 Å². The molecule has 0 aliphatic carbocycles. The van der Waals surface area contributed by atoms with Crippen molar-refractivity contribution in [1.82, 2.24) is 0 Å². The van der Waals surface area contributed by atoms with Crippen LogP contribution in [-0.4, -0.2) is 17.7 Å². The van der Waals surface area contributed by atoms with E-state index in [2.05, 4.69) is 0 Å². The molecule has 0 bridgehead atoms. The molecule has 2 aromatic carbocycles. The van der Waals surface area contributed by atoms with E-state index in [1.54, 1.807) is 18.2 Å². The smallest absolute Gasteiger partial charge is 0.339 e. The molecule has 0 radical (unpaired) electrons. The summed E-state index contributed by atoms with van der Waals surface area (Å²) in [6.07, 6.45) is 0.704. The Balaban J connectivity index is 1.85. The summed E-state index contributed by atoms with van der Waals surface area (Å²) in [5, 5.41) is 8.96. The SMILES string of the molecule is O=C(O)c1ccccc1OOCCc1ccccc1. The van der Waals surface area contributed by atoms with Crippen LogP contribution in [0, 0.1) is 0 Å². The van der Waals surface area contributed by atoms with Gasteiger partial charge in [-0.05, 0) is 24.1 Å². The molecule has 0 heterocycles. The van der Waals surface area contributed by atoms with Gasteiger partial charge in [-0.15, -0.1) is 0 Å². The Morgan fingerprint density at radius 1 is 1.00 bits per heavy atom. The molecule has 4 heteroatoms. The average Bonchev–Trinajstić information content (AvgIpc) is 2.45. The molecule has 0 aliphatic rings. The molecule has 4 nitrogen and oxygen atoms in total. The molecular weight excluding hydrogens is 244 g/mol. The number of benzene rings is 2. The predicted molar refractivity (Wildman–Crippen MR) is 70.1 cm³/mol. The van der Waals surface area contributed by atoms with E-state index in [-0.39, 0.29) is 11.3 Å². The third-order valence-electron chi connectivity index (χ3n) is 2.58. The Kier molecular flexibility index (Phi) is 4.53. The molecule has 0 aliphatic heterocycles. The highest BCUT2D eigenvalue weighted by Gasteiger charge is 2.10. The maximum atomic E-state index is 10.9. The lowest BCUT2D eigenvalue weighted by atomic mass is 10.2. The van der Waals surface area contributed by atoms with Crippen molar-refractivity contribution < 1.29 is 19.7 Å². The number of aromatic carboxylic acids is 1. The predicted octanol–water partition coefficient (Wildman–Crippen LogP) is 2.94. The van der Waals surface area contributed by atoms with E-state index in [0.29, 0.717) is 13.0 Å². The van der Waals surface area contributed by atoms with Gasteiger partial charge in [-0.3, -0.25) is 0 Å². The van der Waals surface area contributed by atoms with Crippen LogP contribution in [0.25, 0.3) is 0 Å². The van der Waals surface area contributed by atoms with Crippen LogP contribution in [0.1, 0.15) is 15.9 Å². The van der Waals surface area contributed by atoms with Gasteiger partial charge in [0, 0.05) is 0 Å². The van der Waals surface area contributed by atoms with E-state index in [9.17, 15) is 4.79 Å². The third-order valence-corrected chi connectivity index (χ3v) is 2.58. The fourth-order valence-corrected chi connectivity index (χ4v) is 1.63. The minimum Gasteiger partial charge on any atom is -0.478 e. The summed E-state index contributed by atoms with van der Waals surface area (Å²) < 4.78 is 0. The molecule has 19 heavy (non-hydrogen) atoms. The van der Waals surface area contributed by atoms with Gasteiger partial charge in [0.25, 0.3) is 0 Å². The first kappa shape index (κ1) is 13.1. The number of carbonyl (C=O) groups is 1. The molecule has 1 N–H and O–H groups in total. The maximum Gasteiger partial charge on any atom is 0.339 e. The second-order valence-corrected chi connectivity index (χ2v) is 3.94. The lowest BCUT2D eigenvalue weighted by molar-refractivity contribution is -0.206. The number of carboxylic acids is 1. The minimum absolute atomic E-state index is 0.0854. The average molecular weight is 258 g/mol. The van der Waals surface area contributed by atoms with Gasteiger partial charge in [-0.2, -0.15) is 4.89 Å². The maximum absolute atomic E-state index is 10.9. The topological polar surface area (TPSA) is 55.8 Å². The van der Waals surface area contributed by atoms with Gasteiger partial charge >= 0.3 is 5.97 Å². The minimum atomic E-state index is -1.04. The van der Waals surface area contributed by atoms with Gasteiger partial charge in [0.1, 0.15) is 5.56 Å². The second-order valence-electron chi connectivity index (χ2n) is 3.94. The van der Waals surface area contributed by atoms with Gasteiger partial charge in [0.2, 0.25) is 0 Å². The zero-order valence-corrected chi connectivity index (χ0v) is 10.3. The quantitative estimate of drug-likeness (QED) is 0.491. The van der Waals surface area contributed by atoms with Gasteiger partial charge in [0.15, 0.2) is 5.75 Å². The van der Waals surface area contributed by atoms with Crippen LogP contribution in [0.4, 0.5) is 0 Å². The van der Waals surface area contributed by atoms with Crippen molar-refractivity contribution in [2.45, 2.75) is 6.42 Å². The first-order valence-electron chi connectivity index (χ1n) is 5.93. The van der Waals surface area contributed by atoms with E-state index in [1.807, 2.05) is 30.3 Å². The van der Waals surface area contributed by atoms with Gasteiger partial charge in [-0.25, -0.2) is 4.79 Å². The zero-order chi connectivity index (χ0) is 13.5. The van der Waals surface area contributed by atoms with Crippen LogP contribution in [0.5, 0.6) is 5.75 Å². The molecular formula is C15H14O4. The molecule has 0 aromatic heterocycles. The standard InChI is InChI=1S/C15H14O4/c16-15(17)13-8-4-5-9-14(13)19-18-11-10-12-6-2-1-3-7-12/h1-9H,10-11H2,(H,16,17). The summed E-state index contributed by atoms with van der Waals surface area (Å²) in [5.41, 5.74) is 1.22. The van der Waals surface area contributed by atoms with E-state index >= 15 is 0 Å². The fourth-order valence-electron chi connectivity index (χ4n) is 1.63. The Bertz CT molecular complexity index is 537. The van der Waals surface area contributed by atoms with E-state index in [1.165, 1.54) is 6.07 Å². The number of hydrogen-bond acceptors (Lipinski definition) is 3. The highest BCUT2D eigenvalue weighted by molar-refractivity contribution is 5.90. The largest absolute Gasteiger partial charge is 0.478 e. The molecule has 0 fully saturated rings. The van der Waals surface area contributed by atoms with Gasteiger partial charge < -0.3 is 9.99 Å². The van der Waals surface area contributed by atoms with E-state index in [0.717, 1.165) is 5.56 Å². The molecule has 0 saturated heterocycles. The summed E-state index contributed by atoms with van der Waals surface area (Å²) in [4.78, 5) is 21.0. The summed E-state index contributed by atoms with van der Waals surface area (Å²) in [6, 6.07) is 16.2. The monoisotopic (exact) mass is 258 g/mol.